The quantitative estimate of drug-likeness (QED) is 0.214. The summed E-state index contributed by atoms with van der Waals surface area (Å²) in [5.74, 6) is 0. The van der Waals surface area contributed by atoms with Crippen LogP contribution in [0.15, 0.2) is 121 Å². The third-order valence-corrected chi connectivity index (χ3v) is 8.43. The molecule has 8 heteroatoms. The zero-order valence-corrected chi connectivity index (χ0v) is 22.2. The molecule has 0 unspecified atom stereocenters. The summed E-state index contributed by atoms with van der Waals surface area (Å²) in [6, 6.07) is 32.6. The lowest BCUT2D eigenvalue weighted by molar-refractivity contribution is 0.804. The molecule has 39 heavy (non-hydrogen) atoms. The van der Waals surface area contributed by atoms with Gasteiger partial charge in [0.25, 0.3) is 0 Å². The second kappa shape index (κ2) is 10.2. The highest BCUT2D eigenvalue weighted by atomic mass is 32.1. The monoisotopic (exact) mass is 540 g/mol. The van der Waals surface area contributed by atoms with Crippen LogP contribution in [0.4, 0.5) is 0 Å². The predicted molar refractivity (Wildman–Crippen MR) is 158 cm³/mol. The zero-order chi connectivity index (χ0) is 26.0. The molecule has 7 aromatic rings. The fourth-order valence-electron chi connectivity index (χ4n) is 4.32. The van der Waals surface area contributed by atoms with Crippen molar-refractivity contribution < 1.29 is 0 Å². The minimum absolute atomic E-state index is 0.802. The number of benzene rings is 1. The first-order valence-corrected chi connectivity index (χ1v) is 14.0. The minimum atomic E-state index is 0.802. The van der Waals surface area contributed by atoms with Crippen molar-refractivity contribution in [2.45, 2.75) is 0 Å². The highest BCUT2D eigenvalue weighted by molar-refractivity contribution is 7.23. The maximum Gasteiger partial charge on any atom is 0.123 e. The largest absolute Gasteiger partial charge is 0.255 e. The molecule has 7 rings (SSSR count). The summed E-state index contributed by atoms with van der Waals surface area (Å²) in [6.45, 7) is 0. The molecule has 186 valence electrons. The minimum Gasteiger partial charge on any atom is -0.255 e. The number of rotatable bonds is 6. The molecule has 0 aliphatic rings. The maximum atomic E-state index is 4.87. The summed E-state index contributed by atoms with van der Waals surface area (Å²) in [4.78, 5) is 17.5. The Bertz CT molecular complexity index is 1780. The summed E-state index contributed by atoms with van der Waals surface area (Å²) in [6.07, 6.45) is 5.54. The normalized spacial score (nSPS) is 11.1. The van der Waals surface area contributed by atoms with Gasteiger partial charge in [-0.05, 0) is 83.2 Å². The molecule has 0 aliphatic heterocycles. The molecule has 0 saturated carbocycles. The van der Waals surface area contributed by atoms with Gasteiger partial charge in [0.1, 0.15) is 5.69 Å². The number of aromatic nitrogens is 6. The van der Waals surface area contributed by atoms with Crippen molar-refractivity contribution in [3.05, 3.63) is 121 Å². The standard InChI is InChI=1S/C31H20N6S2/c1-3-15-32-24(6-1)26-18-22(19-27(34-26)25-7-2-4-16-33-25)21-9-11-23(12-10-21)37-20-28(35-36-37)29-13-14-31(39-29)30-8-5-17-38-30/h1-20H. The molecule has 6 heterocycles. The number of hydrogen-bond donors (Lipinski definition) is 0. The highest BCUT2D eigenvalue weighted by Crippen LogP contribution is 2.36. The number of thiophene rings is 2. The summed E-state index contributed by atoms with van der Waals surface area (Å²) >= 11 is 3.47. The van der Waals surface area contributed by atoms with Crippen LogP contribution in [0.5, 0.6) is 0 Å². The first kappa shape index (κ1) is 23.3. The van der Waals surface area contributed by atoms with Crippen LogP contribution in [-0.4, -0.2) is 29.9 Å². The van der Waals surface area contributed by atoms with Crippen molar-refractivity contribution in [1.82, 2.24) is 29.9 Å². The van der Waals surface area contributed by atoms with E-state index in [1.54, 1.807) is 35.1 Å². The van der Waals surface area contributed by atoms with E-state index >= 15 is 0 Å². The molecule has 0 atom stereocenters. The topological polar surface area (TPSA) is 69.4 Å². The van der Waals surface area contributed by atoms with Gasteiger partial charge in [-0.1, -0.05) is 35.5 Å². The van der Waals surface area contributed by atoms with E-state index in [0.29, 0.717) is 0 Å². The van der Waals surface area contributed by atoms with Crippen molar-refractivity contribution in [1.29, 1.82) is 0 Å². The molecule has 0 radical (unpaired) electrons. The van der Waals surface area contributed by atoms with E-state index in [1.165, 1.54) is 9.75 Å². The molecule has 1 aromatic carbocycles. The Morgan fingerprint density at radius 1 is 0.564 bits per heavy atom. The van der Waals surface area contributed by atoms with Gasteiger partial charge in [-0.2, -0.15) is 0 Å². The Balaban J connectivity index is 1.20. The van der Waals surface area contributed by atoms with Gasteiger partial charge in [0, 0.05) is 22.1 Å². The van der Waals surface area contributed by atoms with E-state index in [1.807, 2.05) is 47.3 Å². The van der Waals surface area contributed by atoms with Gasteiger partial charge in [-0.3, -0.25) is 9.97 Å². The van der Waals surface area contributed by atoms with Crippen LogP contribution in [0.3, 0.4) is 0 Å². The molecule has 0 aliphatic carbocycles. The SMILES string of the molecule is c1ccc(-c2cc(-c3ccc(-n4cc(-c5ccc(-c6cccs6)s5)nn4)cc3)cc(-c3ccccn3)n2)nc1. The predicted octanol–water partition coefficient (Wildman–Crippen LogP) is 7.91. The Morgan fingerprint density at radius 2 is 1.28 bits per heavy atom. The second-order valence-corrected chi connectivity index (χ2v) is 10.8. The van der Waals surface area contributed by atoms with E-state index in [4.69, 9.17) is 4.98 Å². The second-order valence-electron chi connectivity index (χ2n) is 8.79. The lowest BCUT2D eigenvalue weighted by Crippen LogP contribution is -1.96. The Hall–Kier alpha value is -4.79. The first-order valence-electron chi connectivity index (χ1n) is 12.3. The van der Waals surface area contributed by atoms with Gasteiger partial charge in [-0.15, -0.1) is 27.8 Å². The van der Waals surface area contributed by atoms with Crippen LogP contribution >= 0.6 is 22.7 Å². The maximum absolute atomic E-state index is 4.87. The van der Waals surface area contributed by atoms with E-state index in [2.05, 4.69) is 86.3 Å². The van der Waals surface area contributed by atoms with Crippen LogP contribution in [0.25, 0.3) is 59.9 Å². The molecule has 0 amide bonds. The van der Waals surface area contributed by atoms with Crippen LogP contribution < -0.4 is 0 Å². The van der Waals surface area contributed by atoms with Crippen LogP contribution in [0.1, 0.15) is 0 Å². The van der Waals surface area contributed by atoms with Gasteiger partial charge in [0.05, 0.1) is 39.5 Å². The Morgan fingerprint density at radius 3 is 1.92 bits per heavy atom. The molecule has 0 spiro atoms. The van der Waals surface area contributed by atoms with Crippen molar-refractivity contribution in [3.8, 4) is 59.9 Å². The molecule has 0 saturated heterocycles. The summed E-state index contributed by atoms with van der Waals surface area (Å²) in [5, 5.41) is 10.9. The number of pyridine rings is 3. The Labute approximate surface area is 233 Å². The Kier molecular flexibility index (Phi) is 6.08. The average molecular weight is 541 g/mol. The molecule has 6 nitrogen and oxygen atoms in total. The summed E-state index contributed by atoms with van der Waals surface area (Å²) < 4.78 is 1.81. The van der Waals surface area contributed by atoms with Crippen molar-refractivity contribution in [3.63, 3.8) is 0 Å². The lowest BCUT2D eigenvalue weighted by Gasteiger charge is -2.10. The lowest BCUT2D eigenvalue weighted by atomic mass is 10.0. The fraction of sp³-hybridized carbons (Fsp3) is 0. The fourth-order valence-corrected chi connectivity index (χ4v) is 6.11. The van der Waals surface area contributed by atoms with Gasteiger partial charge < -0.3 is 0 Å². The van der Waals surface area contributed by atoms with Gasteiger partial charge in [0.15, 0.2) is 0 Å². The molecule has 6 aromatic heterocycles. The zero-order valence-electron chi connectivity index (χ0n) is 20.5. The number of hydrogen-bond acceptors (Lipinski definition) is 7. The van der Waals surface area contributed by atoms with Crippen molar-refractivity contribution >= 4 is 22.7 Å². The van der Waals surface area contributed by atoms with Crippen molar-refractivity contribution in [2.75, 3.05) is 0 Å². The van der Waals surface area contributed by atoms with E-state index < -0.39 is 0 Å². The molecule has 0 bridgehead atoms. The van der Waals surface area contributed by atoms with Gasteiger partial charge >= 0.3 is 0 Å². The highest BCUT2D eigenvalue weighted by Gasteiger charge is 2.12. The van der Waals surface area contributed by atoms with Gasteiger partial charge in [-0.25, -0.2) is 9.67 Å². The smallest absolute Gasteiger partial charge is 0.123 e. The van der Waals surface area contributed by atoms with Crippen molar-refractivity contribution in [2.24, 2.45) is 0 Å². The molecule has 0 N–H and O–H groups in total. The first-order chi connectivity index (χ1) is 19.3. The average Bonchev–Trinajstić information content (AvgIpc) is 3.80. The van der Waals surface area contributed by atoms with E-state index in [0.717, 1.165) is 50.2 Å². The summed E-state index contributed by atoms with van der Waals surface area (Å²) in [7, 11) is 0. The molecular formula is C31H20N6S2. The van der Waals surface area contributed by atoms with E-state index in [-0.39, 0.29) is 0 Å². The van der Waals surface area contributed by atoms with E-state index in [9.17, 15) is 0 Å². The van der Waals surface area contributed by atoms with Crippen LogP contribution in [-0.2, 0) is 0 Å². The van der Waals surface area contributed by atoms with Crippen LogP contribution in [0.2, 0.25) is 0 Å². The number of nitrogens with zero attached hydrogens (tertiary/aromatic N) is 6. The van der Waals surface area contributed by atoms with Crippen LogP contribution in [0, 0.1) is 0 Å². The third-order valence-electron chi connectivity index (χ3n) is 6.26. The molecule has 0 fully saturated rings. The molecular weight excluding hydrogens is 521 g/mol. The van der Waals surface area contributed by atoms with Gasteiger partial charge in [0.2, 0.25) is 0 Å². The summed E-state index contributed by atoms with van der Waals surface area (Å²) in [5.41, 5.74) is 7.15. The third kappa shape index (κ3) is 4.79.